The van der Waals surface area contributed by atoms with Crippen molar-refractivity contribution in [3.63, 3.8) is 0 Å². The maximum Gasteiger partial charge on any atom is 0.200 e. The van der Waals surface area contributed by atoms with E-state index in [1.165, 1.54) is 6.08 Å². The molecule has 0 radical (unpaired) electrons. The molecule has 0 bridgehead atoms. The molecule has 0 fully saturated rings. The van der Waals surface area contributed by atoms with Crippen molar-refractivity contribution in [2.24, 2.45) is 0 Å². The first-order valence-electron chi connectivity index (χ1n) is 5.81. The van der Waals surface area contributed by atoms with Crippen LogP contribution < -0.4 is 5.32 Å². The van der Waals surface area contributed by atoms with Crippen molar-refractivity contribution in [1.29, 1.82) is 0 Å². The molecule has 0 spiro atoms. The third-order valence-corrected chi connectivity index (χ3v) is 2.70. The minimum Gasteiger partial charge on any atom is -0.310 e. The van der Waals surface area contributed by atoms with Crippen LogP contribution in [0.2, 0.25) is 0 Å². The number of rotatable bonds is 6. The van der Waals surface area contributed by atoms with Gasteiger partial charge in [-0.2, -0.15) is 0 Å². The van der Waals surface area contributed by atoms with Crippen LogP contribution in [-0.4, -0.2) is 6.54 Å². The zero-order chi connectivity index (χ0) is 14.6. The smallest absolute Gasteiger partial charge is 0.200 e. The third-order valence-electron chi connectivity index (χ3n) is 2.70. The van der Waals surface area contributed by atoms with E-state index in [1.54, 1.807) is 6.92 Å². The molecule has 0 aliphatic carbocycles. The molecule has 106 valence electrons. The van der Waals surface area contributed by atoms with Crippen LogP contribution in [0.3, 0.4) is 0 Å². The highest BCUT2D eigenvalue weighted by Crippen LogP contribution is 2.30. The van der Waals surface area contributed by atoms with Gasteiger partial charge >= 0.3 is 0 Å². The summed E-state index contributed by atoms with van der Waals surface area (Å²) < 4.78 is 66.4. The van der Waals surface area contributed by atoms with Crippen LogP contribution in [0.5, 0.6) is 0 Å². The zero-order valence-corrected chi connectivity index (χ0v) is 10.4. The van der Waals surface area contributed by atoms with Crippen molar-refractivity contribution in [3.05, 3.63) is 47.3 Å². The van der Waals surface area contributed by atoms with Crippen molar-refractivity contribution >= 4 is 0 Å². The lowest BCUT2D eigenvalue weighted by molar-refractivity contribution is 0.353. The molecule has 6 heteroatoms. The van der Waals surface area contributed by atoms with Gasteiger partial charge in [0.15, 0.2) is 23.3 Å². The van der Waals surface area contributed by atoms with Gasteiger partial charge in [-0.1, -0.05) is 13.0 Å². The summed E-state index contributed by atoms with van der Waals surface area (Å²) in [6, 6.07) is -0.951. The van der Waals surface area contributed by atoms with Gasteiger partial charge in [-0.15, -0.1) is 6.58 Å². The van der Waals surface area contributed by atoms with E-state index < -0.39 is 40.7 Å². The number of benzene rings is 1. The maximum atomic E-state index is 13.6. The maximum absolute atomic E-state index is 13.6. The molecule has 1 aromatic carbocycles. The van der Waals surface area contributed by atoms with Crippen molar-refractivity contribution in [1.82, 2.24) is 5.32 Å². The fourth-order valence-corrected chi connectivity index (χ4v) is 1.81. The Balaban J connectivity index is 3.32. The predicted molar refractivity (Wildman–Crippen MR) is 62.1 cm³/mol. The van der Waals surface area contributed by atoms with Gasteiger partial charge in [-0.05, 0) is 19.4 Å². The highest BCUT2D eigenvalue weighted by molar-refractivity contribution is 5.27. The van der Waals surface area contributed by atoms with Crippen molar-refractivity contribution in [2.45, 2.75) is 25.8 Å². The lowest BCUT2D eigenvalue weighted by Gasteiger charge is -2.19. The Kier molecular flexibility index (Phi) is 5.47. The van der Waals surface area contributed by atoms with Crippen LogP contribution in [0.15, 0.2) is 12.7 Å². The Morgan fingerprint density at radius 2 is 1.47 bits per heavy atom. The first kappa shape index (κ1) is 15.6. The van der Waals surface area contributed by atoms with Gasteiger partial charge in [0.05, 0.1) is 0 Å². The molecule has 1 unspecified atom stereocenters. The zero-order valence-electron chi connectivity index (χ0n) is 10.4. The summed E-state index contributed by atoms with van der Waals surface area (Å²) in [5.41, 5.74) is -0.819. The molecule has 19 heavy (non-hydrogen) atoms. The van der Waals surface area contributed by atoms with Crippen molar-refractivity contribution in [2.75, 3.05) is 6.54 Å². The molecule has 0 amide bonds. The molecule has 0 heterocycles. The number of hydrogen-bond acceptors (Lipinski definition) is 1. The highest BCUT2D eigenvalue weighted by Gasteiger charge is 2.29. The molecule has 0 aliphatic rings. The minimum absolute atomic E-state index is 0.190. The minimum atomic E-state index is -2.14. The van der Waals surface area contributed by atoms with Gasteiger partial charge in [0.25, 0.3) is 0 Å². The van der Waals surface area contributed by atoms with Crippen LogP contribution in [0.4, 0.5) is 22.0 Å². The molecular formula is C13H14F5N. The lowest BCUT2D eigenvalue weighted by Crippen LogP contribution is -2.24. The summed E-state index contributed by atoms with van der Waals surface area (Å²) in [6.07, 6.45) is 2.09. The summed E-state index contributed by atoms with van der Waals surface area (Å²) >= 11 is 0. The average Bonchev–Trinajstić information content (AvgIpc) is 2.40. The molecule has 0 aliphatic heterocycles. The Morgan fingerprint density at radius 3 is 1.89 bits per heavy atom. The standard InChI is InChI=1S/C13H14F5N/c1-3-5-6-7(19-4-2)8-9(14)11(16)13(18)12(17)10(8)15/h3,7,19H,1,4-6H2,2H3. The van der Waals surface area contributed by atoms with Gasteiger partial charge in [0.2, 0.25) is 5.82 Å². The van der Waals surface area contributed by atoms with E-state index in [-0.39, 0.29) is 6.42 Å². The Morgan fingerprint density at radius 1 is 1.00 bits per heavy atom. The number of hydrogen-bond donors (Lipinski definition) is 1. The molecule has 1 nitrogen and oxygen atoms in total. The third kappa shape index (κ3) is 3.12. The summed E-state index contributed by atoms with van der Waals surface area (Å²) in [7, 11) is 0. The predicted octanol–water partition coefficient (Wildman–Crippen LogP) is 4.00. The summed E-state index contributed by atoms with van der Waals surface area (Å²) in [5.74, 6) is -9.55. The number of allylic oxidation sites excluding steroid dienone is 1. The number of halogens is 5. The summed E-state index contributed by atoms with van der Waals surface area (Å²) in [6.45, 7) is 5.47. The van der Waals surface area contributed by atoms with Gasteiger partial charge in [0, 0.05) is 11.6 Å². The van der Waals surface area contributed by atoms with Gasteiger partial charge < -0.3 is 5.32 Å². The highest BCUT2D eigenvalue weighted by atomic mass is 19.2. The first-order chi connectivity index (χ1) is 8.95. The van der Waals surface area contributed by atoms with Crippen molar-refractivity contribution < 1.29 is 22.0 Å². The van der Waals surface area contributed by atoms with Crippen LogP contribution in [0, 0.1) is 29.1 Å². The van der Waals surface area contributed by atoms with E-state index in [0.717, 1.165) is 0 Å². The van der Waals surface area contributed by atoms with E-state index >= 15 is 0 Å². The van der Waals surface area contributed by atoms with E-state index in [9.17, 15) is 22.0 Å². The van der Waals surface area contributed by atoms with E-state index in [2.05, 4.69) is 11.9 Å². The fourth-order valence-electron chi connectivity index (χ4n) is 1.81. The Bertz CT molecular complexity index is 444. The topological polar surface area (TPSA) is 12.0 Å². The van der Waals surface area contributed by atoms with Crippen LogP contribution in [0.25, 0.3) is 0 Å². The second kappa shape index (κ2) is 6.65. The second-order valence-corrected chi connectivity index (χ2v) is 3.96. The van der Waals surface area contributed by atoms with E-state index in [4.69, 9.17) is 0 Å². The average molecular weight is 279 g/mol. The van der Waals surface area contributed by atoms with Crippen LogP contribution in [-0.2, 0) is 0 Å². The van der Waals surface area contributed by atoms with Gasteiger partial charge in [-0.25, -0.2) is 22.0 Å². The van der Waals surface area contributed by atoms with Crippen molar-refractivity contribution in [3.8, 4) is 0 Å². The fraction of sp³-hybridized carbons (Fsp3) is 0.385. The molecule has 0 saturated carbocycles. The molecule has 1 N–H and O–H groups in total. The largest absolute Gasteiger partial charge is 0.310 e. The second-order valence-electron chi connectivity index (χ2n) is 3.96. The number of nitrogens with one attached hydrogen (secondary N) is 1. The van der Waals surface area contributed by atoms with Crippen LogP contribution >= 0.6 is 0 Å². The van der Waals surface area contributed by atoms with E-state index in [0.29, 0.717) is 13.0 Å². The molecule has 0 aromatic heterocycles. The Hall–Kier alpha value is -1.43. The molecule has 0 saturated heterocycles. The SMILES string of the molecule is C=CCCC(NCC)c1c(F)c(F)c(F)c(F)c1F. The first-order valence-corrected chi connectivity index (χ1v) is 5.81. The summed E-state index contributed by atoms with van der Waals surface area (Å²) in [5, 5.41) is 2.71. The normalized spacial score (nSPS) is 12.5. The Labute approximate surface area is 108 Å². The van der Waals surface area contributed by atoms with Gasteiger partial charge in [0.1, 0.15) is 0 Å². The molecule has 1 aromatic rings. The monoisotopic (exact) mass is 279 g/mol. The van der Waals surface area contributed by atoms with Gasteiger partial charge in [-0.3, -0.25) is 0 Å². The lowest BCUT2D eigenvalue weighted by atomic mass is 9.99. The summed E-state index contributed by atoms with van der Waals surface area (Å²) in [4.78, 5) is 0. The van der Waals surface area contributed by atoms with E-state index in [1.807, 2.05) is 0 Å². The van der Waals surface area contributed by atoms with Crippen LogP contribution in [0.1, 0.15) is 31.4 Å². The molecule has 1 rings (SSSR count). The molecule has 1 atom stereocenters. The molecular weight excluding hydrogens is 265 g/mol. The quantitative estimate of drug-likeness (QED) is 0.359.